The Balaban J connectivity index is 1.68. The highest BCUT2D eigenvalue weighted by Crippen LogP contribution is 2.14. The van der Waals surface area contributed by atoms with Crippen molar-refractivity contribution in [1.82, 2.24) is 30.4 Å². The van der Waals surface area contributed by atoms with Crippen molar-refractivity contribution < 1.29 is 4.79 Å². The van der Waals surface area contributed by atoms with Crippen LogP contribution in [-0.2, 0) is 11.3 Å². The molecule has 24 heavy (non-hydrogen) atoms. The second-order valence-corrected chi connectivity index (χ2v) is 6.24. The molecule has 3 rings (SSSR count). The molecule has 1 aromatic heterocycles. The number of tetrazole rings is 1. The fourth-order valence-electron chi connectivity index (χ4n) is 3.00. The van der Waals surface area contributed by atoms with E-state index < -0.39 is 0 Å². The normalized spacial score (nSPS) is 17.2. The predicted octanol–water partition coefficient (Wildman–Crippen LogP) is 1.25. The summed E-state index contributed by atoms with van der Waals surface area (Å²) in [5.41, 5.74) is 2.09. The molecule has 0 bridgehead atoms. The Labute approximate surface area is 142 Å². The van der Waals surface area contributed by atoms with E-state index >= 15 is 0 Å². The van der Waals surface area contributed by atoms with E-state index in [9.17, 15) is 4.79 Å². The molecule has 1 amide bonds. The lowest BCUT2D eigenvalue weighted by atomic mass is 10.1. The van der Waals surface area contributed by atoms with Crippen LogP contribution in [-0.4, -0.2) is 56.7 Å². The number of aryl methyl sites for hydroxylation is 1. The number of hydrogen-bond donors (Lipinski definition) is 1. The smallest absolute Gasteiger partial charge is 0.246 e. The Morgan fingerprint density at radius 1 is 1.38 bits per heavy atom. The van der Waals surface area contributed by atoms with Crippen LogP contribution < -0.4 is 5.32 Å². The second kappa shape index (κ2) is 7.53. The van der Waals surface area contributed by atoms with Crippen LogP contribution in [0.3, 0.4) is 0 Å². The van der Waals surface area contributed by atoms with Crippen molar-refractivity contribution in [2.75, 3.05) is 19.6 Å². The summed E-state index contributed by atoms with van der Waals surface area (Å²) < 4.78 is 0. The fraction of sp³-hybridized carbons (Fsp3) is 0.529. The van der Waals surface area contributed by atoms with Crippen LogP contribution in [0.25, 0.3) is 11.4 Å². The van der Waals surface area contributed by atoms with Gasteiger partial charge in [0.15, 0.2) is 0 Å². The molecule has 0 spiro atoms. The first-order valence-electron chi connectivity index (χ1n) is 8.52. The number of carbonyl (C=O) groups is 1. The van der Waals surface area contributed by atoms with Crippen LogP contribution >= 0.6 is 0 Å². The summed E-state index contributed by atoms with van der Waals surface area (Å²) in [6.07, 6.45) is 1.95. The van der Waals surface area contributed by atoms with Crippen LogP contribution in [0, 0.1) is 6.92 Å². The maximum atomic E-state index is 12.6. The SMILES string of the molecule is CCCN(C(=O)Cn1nnc(-c2ccc(C)cc2)n1)C1CCNC1. The molecular weight excluding hydrogens is 304 g/mol. The van der Waals surface area contributed by atoms with Crippen LogP contribution in [0.1, 0.15) is 25.3 Å². The van der Waals surface area contributed by atoms with Crippen molar-refractivity contribution in [3.05, 3.63) is 29.8 Å². The number of nitrogens with one attached hydrogen (secondary N) is 1. The molecule has 1 aliphatic heterocycles. The first-order chi connectivity index (χ1) is 11.7. The van der Waals surface area contributed by atoms with Crippen molar-refractivity contribution in [3.8, 4) is 11.4 Å². The quantitative estimate of drug-likeness (QED) is 0.864. The highest BCUT2D eigenvalue weighted by Gasteiger charge is 2.26. The molecule has 128 valence electrons. The molecule has 7 nitrogen and oxygen atoms in total. The van der Waals surface area contributed by atoms with Gasteiger partial charge < -0.3 is 10.2 Å². The summed E-state index contributed by atoms with van der Waals surface area (Å²) in [7, 11) is 0. The third-order valence-corrected chi connectivity index (χ3v) is 4.30. The third kappa shape index (κ3) is 3.79. The molecule has 0 saturated carbocycles. The molecule has 1 unspecified atom stereocenters. The minimum atomic E-state index is 0.0541. The Hall–Kier alpha value is -2.28. The Kier molecular flexibility index (Phi) is 5.20. The molecule has 1 fully saturated rings. The number of nitrogens with zero attached hydrogens (tertiary/aromatic N) is 5. The van der Waals surface area contributed by atoms with Crippen molar-refractivity contribution in [1.29, 1.82) is 0 Å². The van der Waals surface area contributed by atoms with Crippen LogP contribution in [0.4, 0.5) is 0 Å². The third-order valence-electron chi connectivity index (χ3n) is 4.30. The molecule has 2 aromatic rings. The van der Waals surface area contributed by atoms with Gasteiger partial charge in [-0.3, -0.25) is 4.79 Å². The van der Waals surface area contributed by atoms with Gasteiger partial charge in [0, 0.05) is 24.7 Å². The summed E-state index contributed by atoms with van der Waals surface area (Å²) in [5.74, 6) is 0.603. The highest BCUT2D eigenvalue weighted by atomic mass is 16.2. The predicted molar refractivity (Wildman–Crippen MR) is 91.3 cm³/mol. The minimum absolute atomic E-state index is 0.0541. The molecule has 0 aliphatic carbocycles. The molecule has 1 N–H and O–H groups in total. The van der Waals surface area contributed by atoms with Gasteiger partial charge >= 0.3 is 0 Å². The van der Waals surface area contributed by atoms with E-state index in [0.29, 0.717) is 5.82 Å². The summed E-state index contributed by atoms with van der Waals surface area (Å²) in [6, 6.07) is 8.23. The number of rotatable bonds is 6. The Bertz CT molecular complexity index is 675. The maximum absolute atomic E-state index is 12.6. The molecule has 1 saturated heterocycles. The van der Waals surface area contributed by atoms with E-state index in [0.717, 1.165) is 38.0 Å². The average Bonchev–Trinajstić information content (AvgIpc) is 3.25. The topological polar surface area (TPSA) is 75.9 Å². The molecule has 1 atom stereocenters. The van der Waals surface area contributed by atoms with Gasteiger partial charge in [-0.05, 0) is 31.5 Å². The summed E-state index contributed by atoms with van der Waals surface area (Å²) in [4.78, 5) is 16.0. The van der Waals surface area contributed by atoms with Gasteiger partial charge in [-0.25, -0.2) is 0 Å². The van der Waals surface area contributed by atoms with Gasteiger partial charge in [0.1, 0.15) is 6.54 Å². The Morgan fingerprint density at radius 2 is 2.17 bits per heavy atom. The standard InChI is InChI=1S/C17H24N6O/c1-3-10-22(15-8-9-18-11-15)16(24)12-23-20-17(19-21-23)14-6-4-13(2)5-7-14/h4-7,15,18H,3,8-12H2,1-2H3. The van der Waals surface area contributed by atoms with E-state index in [1.807, 2.05) is 36.1 Å². The van der Waals surface area contributed by atoms with E-state index in [1.54, 1.807) is 0 Å². The zero-order valence-corrected chi connectivity index (χ0v) is 14.3. The van der Waals surface area contributed by atoms with Crippen LogP contribution in [0.5, 0.6) is 0 Å². The van der Waals surface area contributed by atoms with Crippen LogP contribution in [0.15, 0.2) is 24.3 Å². The number of aromatic nitrogens is 4. The fourth-order valence-corrected chi connectivity index (χ4v) is 3.00. The molecule has 1 aromatic carbocycles. The molecular formula is C17H24N6O. The molecule has 2 heterocycles. The van der Waals surface area contributed by atoms with Crippen molar-refractivity contribution in [3.63, 3.8) is 0 Å². The van der Waals surface area contributed by atoms with E-state index in [1.165, 1.54) is 10.4 Å². The summed E-state index contributed by atoms with van der Waals surface area (Å²) >= 11 is 0. The highest BCUT2D eigenvalue weighted by molar-refractivity contribution is 5.76. The van der Waals surface area contributed by atoms with Gasteiger partial charge in [0.25, 0.3) is 0 Å². The van der Waals surface area contributed by atoms with E-state index in [-0.39, 0.29) is 18.5 Å². The second-order valence-electron chi connectivity index (χ2n) is 6.24. The number of carbonyl (C=O) groups excluding carboxylic acids is 1. The number of hydrogen-bond acceptors (Lipinski definition) is 5. The van der Waals surface area contributed by atoms with Crippen molar-refractivity contribution in [2.45, 2.75) is 39.3 Å². The first kappa shape index (κ1) is 16.6. The lowest BCUT2D eigenvalue weighted by molar-refractivity contribution is -0.134. The van der Waals surface area contributed by atoms with E-state index in [2.05, 4.69) is 27.7 Å². The van der Waals surface area contributed by atoms with Gasteiger partial charge in [-0.15, -0.1) is 10.2 Å². The number of benzene rings is 1. The molecule has 7 heteroatoms. The zero-order valence-electron chi connectivity index (χ0n) is 14.3. The number of amides is 1. The largest absolute Gasteiger partial charge is 0.337 e. The summed E-state index contributed by atoms with van der Waals surface area (Å²) in [5, 5.41) is 15.8. The summed E-state index contributed by atoms with van der Waals surface area (Å²) in [6.45, 7) is 6.86. The first-order valence-corrected chi connectivity index (χ1v) is 8.52. The Morgan fingerprint density at radius 3 is 2.83 bits per heavy atom. The van der Waals surface area contributed by atoms with Crippen molar-refractivity contribution >= 4 is 5.91 Å². The average molecular weight is 328 g/mol. The van der Waals surface area contributed by atoms with Gasteiger partial charge in [0.2, 0.25) is 11.7 Å². The van der Waals surface area contributed by atoms with Crippen LogP contribution in [0.2, 0.25) is 0 Å². The van der Waals surface area contributed by atoms with Crippen molar-refractivity contribution in [2.24, 2.45) is 0 Å². The molecule has 0 radical (unpaired) electrons. The van der Waals surface area contributed by atoms with E-state index in [4.69, 9.17) is 0 Å². The van der Waals surface area contributed by atoms with Gasteiger partial charge in [0.05, 0.1) is 0 Å². The lowest BCUT2D eigenvalue weighted by Crippen LogP contribution is -2.43. The van der Waals surface area contributed by atoms with Gasteiger partial charge in [-0.2, -0.15) is 4.80 Å². The minimum Gasteiger partial charge on any atom is -0.337 e. The monoisotopic (exact) mass is 328 g/mol. The van der Waals surface area contributed by atoms with Gasteiger partial charge in [-0.1, -0.05) is 36.8 Å². The maximum Gasteiger partial charge on any atom is 0.246 e. The molecule has 1 aliphatic rings. The lowest BCUT2D eigenvalue weighted by Gasteiger charge is -2.27. The zero-order chi connectivity index (χ0) is 16.9.